The van der Waals surface area contributed by atoms with Crippen LogP contribution >= 0.6 is 15.6 Å². The van der Waals surface area contributed by atoms with Gasteiger partial charge in [-0.2, -0.15) is 0 Å². The highest BCUT2D eigenvalue weighted by atomic mass is 31.2. The highest BCUT2D eigenvalue weighted by Crippen LogP contribution is 2.45. The number of rotatable bonds is 83. The smallest absolute Gasteiger partial charge is 0.462 e. The van der Waals surface area contributed by atoms with Gasteiger partial charge in [-0.3, -0.25) is 37.3 Å². The normalized spacial score (nSPS) is 14.2. The molecular formula is C86H168O17P2. The number of phosphoric acid groups is 2. The van der Waals surface area contributed by atoms with Crippen molar-refractivity contribution in [1.82, 2.24) is 0 Å². The van der Waals surface area contributed by atoms with E-state index in [1.165, 1.54) is 244 Å². The second-order valence-corrected chi connectivity index (χ2v) is 35.5. The van der Waals surface area contributed by atoms with Crippen LogP contribution in [0.3, 0.4) is 0 Å². The molecule has 3 N–H and O–H groups in total. The van der Waals surface area contributed by atoms with Crippen molar-refractivity contribution in [2.75, 3.05) is 39.6 Å². The summed E-state index contributed by atoms with van der Waals surface area (Å²) in [5.41, 5.74) is 0. The lowest BCUT2D eigenvalue weighted by atomic mass is 9.99. The Morgan fingerprint density at radius 1 is 0.267 bits per heavy atom. The van der Waals surface area contributed by atoms with Crippen LogP contribution in [0.25, 0.3) is 0 Å². The molecule has 0 aromatic heterocycles. The summed E-state index contributed by atoms with van der Waals surface area (Å²) in [6.07, 6.45) is 64.0. The Morgan fingerprint density at radius 3 is 0.676 bits per heavy atom. The Labute approximate surface area is 645 Å². The third kappa shape index (κ3) is 78.5. The Morgan fingerprint density at radius 2 is 0.457 bits per heavy atom. The van der Waals surface area contributed by atoms with Gasteiger partial charge in [0.05, 0.1) is 26.4 Å². The fraction of sp³-hybridized carbons (Fsp3) is 0.953. The lowest BCUT2D eigenvalue weighted by Gasteiger charge is -2.21. The van der Waals surface area contributed by atoms with Crippen LogP contribution < -0.4 is 0 Å². The van der Waals surface area contributed by atoms with Gasteiger partial charge in [0, 0.05) is 25.7 Å². The second-order valence-electron chi connectivity index (χ2n) is 32.6. The first-order chi connectivity index (χ1) is 50.6. The molecule has 0 aromatic carbocycles. The first-order valence-electron chi connectivity index (χ1n) is 44.2. The van der Waals surface area contributed by atoms with Crippen LogP contribution in [0.4, 0.5) is 0 Å². The largest absolute Gasteiger partial charge is 0.472 e. The van der Waals surface area contributed by atoms with Crippen molar-refractivity contribution in [2.24, 2.45) is 23.7 Å². The number of aliphatic hydroxyl groups is 1. The molecule has 105 heavy (non-hydrogen) atoms. The number of carbonyl (C=O) groups excluding carboxylic acids is 4. The van der Waals surface area contributed by atoms with Gasteiger partial charge in [0.15, 0.2) is 12.2 Å². The minimum atomic E-state index is -4.97. The second kappa shape index (κ2) is 74.8. The number of carbonyl (C=O) groups is 4. The molecule has 0 spiro atoms. The van der Waals surface area contributed by atoms with Crippen LogP contribution in [0.5, 0.6) is 0 Å². The van der Waals surface area contributed by atoms with Gasteiger partial charge in [-0.05, 0) is 49.4 Å². The highest BCUT2D eigenvalue weighted by Gasteiger charge is 2.31. The van der Waals surface area contributed by atoms with Crippen molar-refractivity contribution in [2.45, 2.75) is 465 Å². The molecule has 0 fully saturated rings. The monoisotopic (exact) mass is 1540 g/mol. The molecule has 0 radical (unpaired) electrons. The molecule has 3 unspecified atom stereocenters. The average molecular weight is 1540 g/mol. The molecule has 0 saturated carbocycles. The topological polar surface area (TPSA) is 237 Å². The van der Waals surface area contributed by atoms with Crippen LogP contribution in [-0.4, -0.2) is 96.7 Å². The van der Waals surface area contributed by atoms with E-state index in [2.05, 4.69) is 55.4 Å². The van der Waals surface area contributed by atoms with Crippen molar-refractivity contribution in [3.05, 3.63) is 0 Å². The third-order valence-corrected chi connectivity index (χ3v) is 22.3. The summed E-state index contributed by atoms with van der Waals surface area (Å²) >= 11 is 0. The average Bonchev–Trinajstić information content (AvgIpc) is 0.909. The van der Waals surface area contributed by atoms with Crippen molar-refractivity contribution in [3.8, 4) is 0 Å². The van der Waals surface area contributed by atoms with E-state index in [1.807, 2.05) is 0 Å². The van der Waals surface area contributed by atoms with E-state index in [1.54, 1.807) is 0 Å². The molecule has 0 saturated heterocycles. The first-order valence-corrected chi connectivity index (χ1v) is 47.2. The van der Waals surface area contributed by atoms with Crippen LogP contribution in [-0.2, 0) is 65.4 Å². The zero-order valence-corrected chi connectivity index (χ0v) is 71.2. The predicted octanol–water partition coefficient (Wildman–Crippen LogP) is 25.9. The van der Waals surface area contributed by atoms with Gasteiger partial charge in [0.25, 0.3) is 0 Å². The maximum atomic E-state index is 13.1. The maximum absolute atomic E-state index is 13.1. The minimum absolute atomic E-state index is 0.106. The first kappa shape index (κ1) is 103. The lowest BCUT2D eigenvalue weighted by Crippen LogP contribution is -2.30. The number of esters is 4. The van der Waals surface area contributed by atoms with Crippen LogP contribution in [0.2, 0.25) is 0 Å². The summed E-state index contributed by atoms with van der Waals surface area (Å²) in [4.78, 5) is 73.2. The molecule has 0 aromatic rings. The number of phosphoric ester groups is 2. The molecule has 17 nitrogen and oxygen atoms in total. The molecule has 0 aliphatic carbocycles. The molecule has 0 aliphatic heterocycles. The fourth-order valence-electron chi connectivity index (χ4n) is 13.3. The Hall–Kier alpha value is -1.94. The summed E-state index contributed by atoms with van der Waals surface area (Å²) < 4.78 is 68.8. The van der Waals surface area contributed by atoms with E-state index in [9.17, 15) is 43.2 Å². The molecular weight excluding hydrogens is 1370 g/mol. The zero-order valence-electron chi connectivity index (χ0n) is 69.4. The number of unbranched alkanes of at least 4 members (excludes halogenated alkanes) is 48. The SMILES string of the molecule is CCC(C)CCCCCCCCCCCCCCCCCCCCC(=O)O[C@H](COC(=O)CCCCCCCCCCCCCCCCCC(C)C)COP(=O)(O)OC[C@@H](O)COP(=O)(O)OC[C@@H](COC(=O)CCCCCCCCC(C)C)OC(=O)CCCCCCCCCCCCCCCC(C)C. The van der Waals surface area contributed by atoms with Crippen LogP contribution in [0, 0.1) is 23.7 Å². The minimum Gasteiger partial charge on any atom is -0.462 e. The fourth-order valence-corrected chi connectivity index (χ4v) is 14.9. The van der Waals surface area contributed by atoms with E-state index in [0.29, 0.717) is 31.6 Å². The Balaban J connectivity index is 5.21. The molecule has 0 aliphatic rings. The number of hydrogen-bond acceptors (Lipinski definition) is 15. The van der Waals surface area contributed by atoms with Crippen LogP contribution in [0.15, 0.2) is 0 Å². The van der Waals surface area contributed by atoms with Gasteiger partial charge in [0.1, 0.15) is 19.3 Å². The van der Waals surface area contributed by atoms with Crippen molar-refractivity contribution in [3.63, 3.8) is 0 Å². The van der Waals surface area contributed by atoms with Gasteiger partial charge in [-0.1, -0.05) is 396 Å². The molecule has 6 atom stereocenters. The Bertz CT molecular complexity index is 2040. The van der Waals surface area contributed by atoms with E-state index in [4.69, 9.17) is 37.0 Å². The van der Waals surface area contributed by atoms with E-state index in [0.717, 1.165) is 114 Å². The molecule has 0 rings (SSSR count). The predicted molar refractivity (Wildman–Crippen MR) is 432 cm³/mol. The molecule has 19 heteroatoms. The van der Waals surface area contributed by atoms with Gasteiger partial charge >= 0.3 is 39.5 Å². The van der Waals surface area contributed by atoms with E-state index in [-0.39, 0.29) is 25.7 Å². The molecule has 0 bridgehead atoms. The van der Waals surface area contributed by atoms with Gasteiger partial charge in [-0.15, -0.1) is 0 Å². The molecule has 624 valence electrons. The van der Waals surface area contributed by atoms with Gasteiger partial charge in [-0.25, -0.2) is 9.13 Å². The summed E-state index contributed by atoms with van der Waals surface area (Å²) in [6.45, 7) is 14.3. The number of aliphatic hydroxyl groups excluding tert-OH is 1. The quantitative estimate of drug-likeness (QED) is 0.0222. The van der Waals surface area contributed by atoms with Gasteiger partial charge < -0.3 is 33.8 Å². The Kier molecular flexibility index (Phi) is 73.4. The van der Waals surface area contributed by atoms with Crippen molar-refractivity contribution in [1.29, 1.82) is 0 Å². The summed E-state index contributed by atoms with van der Waals surface area (Å²) in [7, 11) is -9.93. The standard InChI is InChI=1S/C86H168O17P2/c1-9-79(8)65-57-49-40-34-28-22-16-12-10-11-13-17-24-30-36-42-52-60-68-85(90)102-81(72-96-83(88)66-58-50-41-35-29-23-18-14-15-20-26-32-38-46-54-62-76(2)3)74-100-104(92,93)98-70-80(87)71-99-105(94,95)101-75-82(73-97-84(89)67-59-51-45-44-48-56-64-78(6)7)103-86(91)69-61-53-43-37-31-25-19-21-27-33-39-47-55-63-77(4)5/h76-82,87H,9-75H2,1-8H3,(H,92,93)(H,94,95)/t79?,80-,81-,82-/m1/s1. The van der Waals surface area contributed by atoms with Crippen LogP contribution in [0.1, 0.15) is 447 Å². The van der Waals surface area contributed by atoms with Crippen molar-refractivity contribution >= 4 is 39.5 Å². The molecule has 0 amide bonds. The zero-order chi connectivity index (χ0) is 77.4. The summed E-state index contributed by atoms with van der Waals surface area (Å²) in [5.74, 6) is 1.03. The van der Waals surface area contributed by atoms with E-state index >= 15 is 0 Å². The van der Waals surface area contributed by atoms with E-state index < -0.39 is 97.5 Å². The number of hydrogen-bond donors (Lipinski definition) is 3. The lowest BCUT2D eigenvalue weighted by molar-refractivity contribution is -0.161. The summed E-state index contributed by atoms with van der Waals surface area (Å²) in [5, 5.41) is 10.7. The van der Waals surface area contributed by atoms with Gasteiger partial charge in [0.2, 0.25) is 0 Å². The third-order valence-electron chi connectivity index (χ3n) is 20.4. The van der Waals surface area contributed by atoms with Crippen molar-refractivity contribution < 1.29 is 80.2 Å². The highest BCUT2D eigenvalue weighted by molar-refractivity contribution is 7.47. The maximum Gasteiger partial charge on any atom is 0.472 e. The number of ether oxygens (including phenoxy) is 4. The molecule has 0 heterocycles. The summed E-state index contributed by atoms with van der Waals surface area (Å²) in [6, 6.07) is 0.